The monoisotopic (exact) mass is 135 g/mol. The van der Waals surface area contributed by atoms with Gasteiger partial charge in [-0.2, -0.15) is 0 Å². The third kappa shape index (κ3) is 2.17. The highest BCUT2D eigenvalue weighted by Gasteiger charge is 1.70. The van der Waals surface area contributed by atoms with Crippen LogP contribution in [-0.4, -0.2) is 9.97 Å². The first kappa shape index (κ1) is 6.61. The van der Waals surface area contributed by atoms with Crippen molar-refractivity contribution >= 4 is 5.82 Å². The number of H-pyrrole nitrogens is 1. The summed E-state index contributed by atoms with van der Waals surface area (Å²) in [6.07, 6.45) is 4.97. The SMILES string of the molecule is Nc1cnccccc[nH]1. The summed E-state index contributed by atoms with van der Waals surface area (Å²) in [5, 5.41) is 0. The van der Waals surface area contributed by atoms with Crippen molar-refractivity contribution < 1.29 is 0 Å². The van der Waals surface area contributed by atoms with Crippen molar-refractivity contribution in [2.75, 3.05) is 5.73 Å². The van der Waals surface area contributed by atoms with Crippen LogP contribution >= 0.6 is 0 Å². The molecular formula is C7H9N3. The van der Waals surface area contributed by atoms with Crippen molar-refractivity contribution in [1.29, 1.82) is 0 Å². The second-order valence-corrected chi connectivity index (χ2v) is 1.77. The van der Waals surface area contributed by atoms with E-state index >= 15 is 0 Å². The summed E-state index contributed by atoms with van der Waals surface area (Å²) in [6, 6.07) is 5.54. The summed E-state index contributed by atoms with van der Waals surface area (Å²) >= 11 is 0. The average Bonchev–Trinajstić information content (AvgIpc) is 2.02. The fourth-order valence-electron chi connectivity index (χ4n) is 0.524. The summed E-state index contributed by atoms with van der Waals surface area (Å²) in [7, 11) is 0. The van der Waals surface area contributed by atoms with Gasteiger partial charge in [-0.1, -0.05) is 6.07 Å². The molecule has 10 heavy (non-hydrogen) atoms. The molecule has 3 nitrogen and oxygen atoms in total. The van der Waals surface area contributed by atoms with Crippen LogP contribution in [0.25, 0.3) is 0 Å². The zero-order chi connectivity index (χ0) is 7.23. The molecule has 0 spiro atoms. The van der Waals surface area contributed by atoms with Gasteiger partial charge in [-0.05, 0) is 12.1 Å². The van der Waals surface area contributed by atoms with Crippen molar-refractivity contribution in [3.63, 3.8) is 0 Å². The lowest BCUT2D eigenvalue weighted by atomic mass is 10.6. The number of anilines is 1. The van der Waals surface area contributed by atoms with Gasteiger partial charge in [0.1, 0.15) is 5.82 Å². The van der Waals surface area contributed by atoms with Crippen LogP contribution in [0.5, 0.6) is 0 Å². The van der Waals surface area contributed by atoms with Gasteiger partial charge in [0.05, 0.1) is 6.20 Å². The van der Waals surface area contributed by atoms with Crippen LogP contribution in [0.4, 0.5) is 5.82 Å². The maximum absolute atomic E-state index is 5.43. The highest BCUT2D eigenvalue weighted by Crippen LogP contribution is 1.84. The molecular weight excluding hydrogens is 126 g/mol. The summed E-state index contributed by atoms with van der Waals surface area (Å²) in [6.45, 7) is 0. The fourth-order valence-corrected chi connectivity index (χ4v) is 0.524. The van der Waals surface area contributed by atoms with Crippen molar-refractivity contribution in [3.05, 3.63) is 36.8 Å². The van der Waals surface area contributed by atoms with E-state index in [9.17, 15) is 0 Å². The number of rotatable bonds is 0. The quantitative estimate of drug-likeness (QED) is 0.560. The molecule has 0 aromatic carbocycles. The van der Waals surface area contributed by atoms with Crippen molar-refractivity contribution in [2.45, 2.75) is 0 Å². The minimum Gasteiger partial charge on any atom is -0.384 e. The molecule has 1 aromatic rings. The van der Waals surface area contributed by atoms with E-state index in [4.69, 9.17) is 5.73 Å². The smallest absolute Gasteiger partial charge is 0.119 e. The van der Waals surface area contributed by atoms with Gasteiger partial charge < -0.3 is 10.7 Å². The van der Waals surface area contributed by atoms with Crippen LogP contribution in [0.15, 0.2) is 36.8 Å². The molecule has 0 aliphatic rings. The topological polar surface area (TPSA) is 54.7 Å². The molecule has 3 heteroatoms. The molecule has 0 saturated heterocycles. The van der Waals surface area contributed by atoms with Crippen LogP contribution < -0.4 is 5.73 Å². The van der Waals surface area contributed by atoms with Gasteiger partial charge in [-0.25, -0.2) is 0 Å². The first-order valence-electron chi connectivity index (χ1n) is 2.97. The molecule has 52 valence electrons. The molecule has 0 atom stereocenters. The Bertz CT molecular complexity index is 216. The average molecular weight is 135 g/mol. The second-order valence-electron chi connectivity index (χ2n) is 1.77. The molecule has 1 rings (SSSR count). The summed E-state index contributed by atoms with van der Waals surface area (Å²) < 4.78 is 0. The lowest BCUT2D eigenvalue weighted by molar-refractivity contribution is 1.29. The molecule has 0 saturated carbocycles. The molecule has 0 bridgehead atoms. The van der Waals surface area contributed by atoms with Crippen molar-refractivity contribution in [3.8, 4) is 0 Å². The van der Waals surface area contributed by atoms with Gasteiger partial charge in [0.15, 0.2) is 0 Å². The number of nitrogens with two attached hydrogens (primary N) is 1. The third-order valence-electron chi connectivity index (χ3n) is 0.954. The van der Waals surface area contributed by atoms with E-state index < -0.39 is 0 Å². The molecule has 0 fully saturated rings. The van der Waals surface area contributed by atoms with E-state index in [2.05, 4.69) is 9.97 Å². The summed E-state index contributed by atoms with van der Waals surface area (Å²) in [5.74, 6) is 0.538. The van der Waals surface area contributed by atoms with Gasteiger partial charge in [0, 0.05) is 12.4 Å². The third-order valence-corrected chi connectivity index (χ3v) is 0.954. The first-order chi connectivity index (χ1) is 4.89. The molecule has 0 aliphatic carbocycles. The molecule has 0 amide bonds. The fraction of sp³-hybridized carbons (Fsp3) is 0. The number of nitrogens with one attached hydrogen (secondary N) is 1. The summed E-state index contributed by atoms with van der Waals surface area (Å²) in [5.41, 5.74) is 5.43. The van der Waals surface area contributed by atoms with Crippen LogP contribution in [0.3, 0.4) is 0 Å². The highest BCUT2D eigenvalue weighted by atomic mass is 14.8. The van der Waals surface area contributed by atoms with E-state index in [0.717, 1.165) is 0 Å². The second kappa shape index (κ2) is 3.50. The largest absolute Gasteiger partial charge is 0.384 e. The Kier molecular flexibility index (Phi) is 2.31. The van der Waals surface area contributed by atoms with Crippen LogP contribution in [0.1, 0.15) is 0 Å². The van der Waals surface area contributed by atoms with Gasteiger partial charge in [0.2, 0.25) is 0 Å². The zero-order valence-electron chi connectivity index (χ0n) is 5.49. The predicted molar refractivity (Wildman–Crippen MR) is 40.6 cm³/mol. The maximum Gasteiger partial charge on any atom is 0.119 e. The molecule has 3 N–H and O–H groups in total. The highest BCUT2D eigenvalue weighted by molar-refractivity contribution is 5.19. The van der Waals surface area contributed by atoms with E-state index in [1.165, 1.54) is 0 Å². The predicted octanol–water partition coefficient (Wildman–Crippen LogP) is 1.12. The first-order valence-corrected chi connectivity index (χ1v) is 2.97. The molecule has 1 heterocycles. The standard InChI is InChI=1S/C7H9N3/c8-7-6-9-4-2-1-3-5-10-7/h1-6,10H,8H2. The van der Waals surface area contributed by atoms with E-state index in [-0.39, 0.29) is 0 Å². The minimum absolute atomic E-state index is 0.538. The maximum atomic E-state index is 5.43. The number of aromatic nitrogens is 2. The van der Waals surface area contributed by atoms with E-state index in [0.29, 0.717) is 5.82 Å². The molecule has 0 radical (unpaired) electrons. The Morgan fingerprint density at radius 1 is 1.30 bits per heavy atom. The van der Waals surface area contributed by atoms with E-state index in [1.807, 2.05) is 18.2 Å². The normalized spacial score (nSPS) is 8.40. The van der Waals surface area contributed by atoms with Gasteiger partial charge in [-0.3, -0.25) is 4.98 Å². The molecule has 0 aliphatic heterocycles. The van der Waals surface area contributed by atoms with E-state index in [1.54, 1.807) is 18.6 Å². The van der Waals surface area contributed by atoms with Gasteiger partial charge in [-0.15, -0.1) is 0 Å². The van der Waals surface area contributed by atoms with Crippen LogP contribution in [0, 0.1) is 0 Å². The number of hydrogen-bond donors (Lipinski definition) is 2. The Balaban J connectivity index is 3.13. The zero-order valence-corrected chi connectivity index (χ0v) is 5.49. The molecule has 1 aromatic heterocycles. The number of nitrogen functional groups attached to an aromatic ring is 1. The number of hydrogen-bond acceptors (Lipinski definition) is 2. The van der Waals surface area contributed by atoms with Crippen molar-refractivity contribution in [2.24, 2.45) is 0 Å². The lowest BCUT2D eigenvalue weighted by Crippen LogP contribution is -1.84. The van der Waals surface area contributed by atoms with Crippen LogP contribution in [0.2, 0.25) is 0 Å². The van der Waals surface area contributed by atoms with Crippen molar-refractivity contribution in [1.82, 2.24) is 9.97 Å². The lowest BCUT2D eigenvalue weighted by Gasteiger charge is -1.80. The van der Waals surface area contributed by atoms with Crippen LogP contribution in [-0.2, 0) is 0 Å². The van der Waals surface area contributed by atoms with Gasteiger partial charge >= 0.3 is 0 Å². The Labute approximate surface area is 59.2 Å². The summed E-state index contributed by atoms with van der Waals surface area (Å²) in [4.78, 5) is 6.69. The molecule has 0 unspecified atom stereocenters. The Morgan fingerprint density at radius 2 is 2.20 bits per heavy atom. The minimum atomic E-state index is 0.538. The number of nitrogens with zero attached hydrogens (tertiary/aromatic N) is 1. The Hall–Kier alpha value is -1.51. The van der Waals surface area contributed by atoms with Gasteiger partial charge in [0.25, 0.3) is 0 Å². The number of aromatic amines is 1. The Morgan fingerprint density at radius 3 is 3.10 bits per heavy atom.